The number of aliphatic imine (C=N–C) groups is 2. The molecular weight excluding hydrogens is 558 g/mol. The Kier molecular flexibility index (Phi) is 6.73. The predicted molar refractivity (Wildman–Crippen MR) is 155 cm³/mol. The predicted octanol–water partition coefficient (Wildman–Crippen LogP) is -1.41. The zero-order valence-electron chi connectivity index (χ0n) is 24.5. The summed E-state index contributed by atoms with van der Waals surface area (Å²) in [6, 6.07) is 1.61. The molecule has 6 rings (SSSR count). The number of urea groups is 1. The van der Waals surface area contributed by atoms with E-state index in [4.69, 9.17) is 16.2 Å². The number of hydrogen-bond acceptors (Lipinski definition) is 12. The number of nitrogens with two attached hydrogens (primary N) is 2. The van der Waals surface area contributed by atoms with Gasteiger partial charge in [-0.1, -0.05) is 39.3 Å². The molecule has 8 N–H and O–H groups in total. The number of guanidine groups is 2. The molecule has 0 aromatic heterocycles. The van der Waals surface area contributed by atoms with Crippen molar-refractivity contribution < 1.29 is 29.3 Å². The lowest BCUT2D eigenvalue weighted by atomic mass is 9.79. The molecule has 1 aromatic rings. The molecular formula is C28H39N9O6. The smallest absolute Gasteiger partial charge is 0.327 e. The Labute approximate surface area is 248 Å². The van der Waals surface area contributed by atoms with Crippen LogP contribution in [0.25, 0.3) is 0 Å². The van der Waals surface area contributed by atoms with Crippen molar-refractivity contribution in [3.05, 3.63) is 29.3 Å². The number of imide groups is 1. The minimum atomic E-state index is -2.67. The van der Waals surface area contributed by atoms with Crippen LogP contribution < -0.4 is 26.8 Å². The number of para-hydroxylation sites is 1. The van der Waals surface area contributed by atoms with E-state index >= 15 is 0 Å². The van der Waals surface area contributed by atoms with E-state index in [9.17, 15) is 24.6 Å². The van der Waals surface area contributed by atoms with Crippen molar-refractivity contribution in [3.8, 4) is 5.75 Å². The summed E-state index contributed by atoms with van der Waals surface area (Å²) in [5.74, 6) is -3.32. The van der Waals surface area contributed by atoms with Gasteiger partial charge in [-0.2, -0.15) is 0 Å². The van der Waals surface area contributed by atoms with Gasteiger partial charge in [0.25, 0.3) is 5.91 Å². The number of fused-ring (bicyclic) bond motifs is 1. The van der Waals surface area contributed by atoms with E-state index in [1.54, 1.807) is 12.1 Å². The van der Waals surface area contributed by atoms with E-state index < -0.39 is 41.5 Å². The SMILES string of the molecule is CCCCN1CC(=O)N(CC2N=C(N)N3CC(NC(=O)c4cccc5c4OCCC5(C)C)C(O)(O)[C@@]34NC(N)=NC24)C1=O. The quantitative estimate of drug-likeness (QED) is 0.160. The molecule has 0 radical (unpaired) electrons. The molecule has 0 aliphatic carbocycles. The molecule has 43 heavy (non-hydrogen) atoms. The summed E-state index contributed by atoms with van der Waals surface area (Å²) in [4.78, 5) is 52.4. The van der Waals surface area contributed by atoms with Crippen LogP contribution in [-0.2, 0) is 10.2 Å². The van der Waals surface area contributed by atoms with Gasteiger partial charge >= 0.3 is 6.03 Å². The molecule has 15 nitrogen and oxygen atoms in total. The molecule has 1 aromatic carbocycles. The Morgan fingerprint density at radius 1 is 1.23 bits per heavy atom. The second kappa shape index (κ2) is 9.98. The Morgan fingerprint density at radius 3 is 2.74 bits per heavy atom. The van der Waals surface area contributed by atoms with Crippen LogP contribution in [0.3, 0.4) is 0 Å². The first-order valence-corrected chi connectivity index (χ1v) is 14.7. The van der Waals surface area contributed by atoms with Crippen molar-refractivity contribution in [2.45, 2.75) is 75.0 Å². The third kappa shape index (κ3) is 4.27. The van der Waals surface area contributed by atoms with Crippen molar-refractivity contribution in [2.24, 2.45) is 21.5 Å². The summed E-state index contributed by atoms with van der Waals surface area (Å²) >= 11 is 0. The van der Waals surface area contributed by atoms with Gasteiger partial charge in [0.05, 0.1) is 24.8 Å². The van der Waals surface area contributed by atoms with Crippen LogP contribution in [-0.4, -0.2) is 117 Å². The van der Waals surface area contributed by atoms with E-state index in [1.165, 1.54) is 9.80 Å². The Bertz CT molecular complexity index is 1430. The normalized spacial score (nSPS) is 30.2. The summed E-state index contributed by atoms with van der Waals surface area (Å²) in [5, 5.41) is 29.2. The van der Waals surface area contributed by atoms with Crippen molar-refractivity contribution in [1.29, 1.82) is 0 Å². The lowest BCUT2D eigenvalue weighted by Crippen LogP contribution is -2.78. The molecule has 1 spiro atoms. The molecule has 2 saturated heterocycles. The molecule has 5 aliphatic rings. The second-order valence-corrected chi connectivity index (χ2v) is 12.5. The molecule has 3 unspecified atom stereocenters. The van der Waals surface area contributed by atoms with Crippen LogP contribution in [0.2, 0.25) is 0 Å². The summed E-state index contributed by atoms with van der Waals surface area (Å²) in [6.07, 6.45) is 2.42. The minimum Gasteiger partial charge on any atom is -0.492 e. The van der Waals surface area contributed by atoms with Gasteiger partial charge in [-0.15, -0.1) is 0 Å². The van der Waals surface area contributed by atoms with Crippen molar-refractivity contribution in [3.63, 3.8) is 0 Å². The second-order valence-electron chi connectivity index (χ2n) is 12.5. The summed E-state index contributed by atoms with van der Waals surface area (Å²) in [6.45, 7) is 6.69. The molecule has 4 atom stereocenters. The number of benzene rings is 1. The number of ether oxygens (including phenoxy) is 1. The number of nitrogens with one attached hydrogen (secondary N) is 2. The number of aliphatic hydroxyl groups is 2. The standard InChI is InChI=1S/C28H39N9O6/c1-4-5-10-35-14-19(38)36(25(35)40)12-17-21-27(34-23(29)33-21)28(41,42)18(13-37(27)24(30)31-17)32-22(39)15-7-6-8-16-20(15)43-11-9-26(16,2)3/h6-8,17-18,21,41-42H,4-5,9-14H2,1-3H3,(H2,30,31)(H,32,39)(H3,29,33,34)/t17?,18?,21?,27-/m0/s1. The number of amides is 4. The van der Waals surface area contributed by atoms with Gasteiger partial charge in [-0.25, -0.2) is 14.8 Å². The lowest BCUT2D eigenvalue weighted by molar-refractivity contribution is -0.230. The first-order chi connectivity index (χ1) is 20.3. The van der Waals surface area contributed by atoms with E-state index in [2.05, 4.69) is 34.5 Å². The zero-order chi connectivity index (χ0) is 30.9. The number of nitrogens with zero attached hydrogens (tertiary/aromatic N) is 5. The minimum absolute atomic E-state index is 0.0432. The first kappa shape index (κ1) is 29.0. The van der Waals surface area contributed by atoms with Crippen molar-refractivity contribution in [1.82, 2.24) is 25.3 Å². The molecule has 232 valence electrons. The van der Waals surface area contributed by atoms with Crippen molar-refractivity contribution in [2.75, 3.05) is 32.8 Å². The molecule has 5 heterocycles. The van der Waals surface area contributed by atoms with Gasteiger partial charge in [-0.05, 0) is 24.3 Å². The Balaban J connectivity index is 1.28. The topological polar surface area (TPSA) is 211 Å². The van der Waals surface area contributed by atoms with Crippen LogP contribution >= 0.6 is 0 Å². The largest absolute Gasteiger partial charge is 0.492 e. The van der Waals surface area contributed by atoms with E-state index in [0.29, 0.717) is 18.9 Å². The van der Waals surface area contributed by atoms with Gasteiger partial charge in [0.2, 0.25) is 11.7 Å². The molecule has 5 aliphatic heterocycles. The van der Waals surface area contributed by atoms with E-state index in [1.807, 2.05) is 13.0 Å². The highest BCUT2D eigenvalue weighted by Crippen LogP contribution is 2.45. The molecule has 4 amide bonds. The maximum atomic E-state index is 13.6. The van der Waals surface area contributed by atoms with Gasteiger partial charge in [0, 0.05) is 18.7 Å². The fraction of sp³-hybridized carbons (Fsp3) is 0.607. The third-order valence-electron chi connectivity index (χ3n) is 9.35. The van der Waals surface area contributed by atoms with Crippen LogP contribution in [0.1, 0.15) is 56.0 Å². The molecule has 0 bridgehead atoms. The Hall–Kier alpha value is -4.11. The lowest BCUT2D eigenvalue weighted by Gasteiger charge is -2.49. The zero-order valence-corrected chi connectivity index (χ0v) is 24.5. The van der Waals surface area contributed by atoms with Crippen LogP contribution in [0, 0.1) is 0 Å². The highest BCUT2D eigenvalue weighted by atomic mass is 16.5. The summed E-state index contributed by atoms with van der Waals surface area (Å²) in [5.41, 5.74) is 11.6. The van der Waals surface area contributed by atoms with Crippen LogP contribution in [0.15, 0.2) is 28.2 Å². The molecule has 15 heteroatoms. The van der Waals surface area contributed by atoms with Crippen molar-refractivity contribution >= 4 is 29.8 Å². The van der Waals surface area contributed by atoms with Gasteiger partial charge in [0.1, 0.15) is 24.4 Å². The Morgan fingerprint density at radius 2 is 2.00 bits per heavy atom. The van der Waals surface area contributed by atoms with Gasteiger partial charge < -0.3 is 46.9 Å². The first-order valence-electron chi connectivity index (χ1n) is 14.7. The monoisotopic (exact) mass is 597 g/mol. The summed E-state index contributed by atoms with van der Waals surface area (Å²) in [7, 11) is 0. The van der Waals surface area contributed by atoms with Crippen LogP contribution in [0.5, 0.6) is 5.75 Å². The fourth-order valence-corrected chi connectivity index (χ4v) is 6.90. The fourth-order valence-electron chi connectivity index (χ4n) is 6.90. The number of hydrogen-bond donors (Lipinski definition) is 6. The molecule has 0 saturated carbocycles. The highest BCUT2D eigenvalue weighted by Gasteiger charge is 2.73. The number of carbonyl (C=O) groups excluding carboxylic acids is 3. The highest BCUT2D eigenvalue weighted by molar-refractivity contribution is 6.02. The number of rotatable bonds is 7. The van der Waals surface area contributed by atoms with E-state index in [0.717, 1.165) is 29.7 Å². The van der Waals surface area contributed by atoms with E-state index in [-0.39, 0.29) is 48.4 Å². The average Bonchev–Trinajstić information content (AvgIpc) is 3.52. The average molecular weight is 598 g/mol. The summed E-state index contributed by atoms with van der Waals surface area (Å²) < 4.78 is 5.90. The number of unbranched alkanes of at least 4 members (excludes halogenated alkanes) is 1. The van der Waals surface area contributed by atoms with Gasteiger partial charge in [0.15, 0.2) is 17.6 Å². The van der Waals surface area contributed by atoms with Crippen LogP contribution in [0.4, 0.5) is 4.79 Å². The third-order valence-corrected chi connectivity index (χ3v) is 9.35. The molecule has 2 fully saturated rings. The van der Waals surface area contributed by atoms with Gasteiger partial charge in [-0.3, -0.25) is 14.5 Å². The maximum Gasteiger partial charge on any atom is 0.327 e. The maximum absolute atomic E-state index is 13.6. The number of carbonyl (C=O) groups is 3.